The van der Waals surface area contributed by atoms with E-state index in [2.05, 4.69) is 25.2 Å². The van der Waals surface area contributed by atoms with Crippen molar-refractivity contribution in [1.29, 1.82) is 0 Å². The van der Waals surface area contributed by atoms with Gasteiger partial charge in [-0.2, -0.15) is 0 Å². The van der Waals surface area contributed by atoms with Crippen molar-refractivity contribution in [3.63, 3.8) is 0 Å². The topological polar surface area (TPSA) is 79.0 Å². The Morgan fingerprint density at radius 2 is 1.96 bits per heavy atom. The first-order chi connectivity index (χ1) is 13.8. The van der Waals surface area contributed by atoms with Crippen LogP contribution in [0.4, 0.5) is 5.95 Å². The molecule has 0 radical (unpaired) electrons. The lowest BCUT2D eigenvalue weighted by molar-refractivity contribution is 0.0378. The second kappa shape index (κ2) is 9.14. The van der Waals surface area contributed by atoms with E-state index in [0.29, 0.717) is 11.0 Å². The summed E-state index contributed by atoms with van der Waals surface area (Å²) in [6, 6.07) is 7.64. The molecule has 3 aromatic rings. The van der Waals surface area contributed by atoms with Gasteiger partial charge in [0.15, 0.2) is 0 Å². The van der Waals surface area contributed by atoms with Gasteiger partial charge in [-0.1, -0.05) is 23.7 Å². The predicted molar refractivity (Wildman–Crippen MR) is 110 cm³/mol. The zero-order chi connectivity index (χ0) is 19.2. The fourth-order valence-electron chi connectivity index (χ4n) is 3.21. The van der Waals surface area contributed by atoms with Gasteiger partial charge < -0.3 is 15.0 Å². The van der Waals surface area contributed by atoms with Gasteiger partial charge in [0.05, 0.1) is 24.5 Å². The number of H-pyrrole nitrogens is 1. The van der Waals surface area contributed by atoms with Crippen LogP contribution in [0.15, 0.2) is 42.9 Å². The first-order valence-corrected chi connectivity index (χ1v) is 9.84. The number of aromatic amines is 1. The van der Waals surface area contributed by atoms with E-state index in [4.69, 9.17) is 21.3 Å². The fourth-order valence-corrected chi connectivity index (χ4v) is 3.33. The van der Waals surface area contributed by atoms with Crippen LogP contribution in [0.25, 0.3) is 22.6 Å². The van der Waals surface area contributed by atoms with Crippen LogP contribution in [0.5, 0.6) is 0 Å². The van der Waals surface area contributed by atoms with E-state index in [9.17, 15) is 0 Å². The average Bonchev–Trinajstić information content (AvgIpc) is 3.27. The molecule has 1 aliphatic rings. The Hall–Kier alpha value is -2.48. The lowest BCUT2D eigenvalue weighted by Crippen LogP contribution is -2.37. The van der Waals surface area contributed by atoms with Crippen molar-refractivity contribution in [3.05, 3.63) is 47.9 Å². The molecule has 0 atom stereocenters. The minimum absolute atomic E-state index is 0.613. The molecule has 7 nitrogen and oxygen atoms in total. The molecule has 0 saturated carbocycles. The van der Waals surface area contributed by atoms with Crippen molar-refractivity contribution in [2.75, 3.05) is 44.7 Å². The van der Waals surface area contributed by atoms with Gasteiger partial charge in [-0.15, -0.1) is 0 Å². The monoisotopic (exact) mass is 398 g/mol. The minimum Gasteiger partial charge on any atom is -0.379 e. The molecule has 1 aromatic carbocycles. The number of anilines is 1. The number of imidazole rings is 1. The third-order valence-electron chi connectivity index (χ3n) is 4.70. The number of rotatable bonds is 7. The summed E-state index contributed by atoms with van der Waals surface area (Å²) in [6.45, 7) is 5.54. The van der Waals surface area contributed by atoms with Crippen LogP contribution < -0.4 is 5.32 Å². The van der Waals surface area contributed by atoms with Crippen molar-refractivity contribution in [1.82, 2.24) is 24.8 Å². The lowest BCUT2D eigenvalue weighted by Gasteiger charge is -2.26. The van der Waals surface area contributed by atoms with Crippen LogP contribution in [0.1, 0.15) is 6.42 Å². The second-order valence-corrected chi connectivity index (χ2v) is 7.07. The van der Waals surface area contributed by atoms with E-state index in [1.54, 1.807) is 18.6 Å². The van der Waals surface area contributed by atoms with Gasteiger partial charge in [0.1, 0.15) is 5.82 Å². The Morgan fingerprint density at radius 3 is 2.71 bits per heavy atom. The Kier molecular flexibility index (Phi) is 6.16. The SMILES string of the molecule is Clc1ccc(-c2nc(NCCCN3CCOCC3)ncc2-c2ncc[nH]2)cc1. The van der Waals surface area contributed by atoms with Crippen LogP contribution in [-0.2, 0) is 4.74 Å². The summed E-state index contributed by atoms with van der Waals surface area (Å²) in [4.78, 5) is 19.1. The van der Waals surface area contributed by atoms with Gasteiger partial charge in [-0.05, 0) is 25.1 Å². The molecule has 0 aliphatic carbocycles. The van der Waals surface area contributed by atoms with E-state index in [1.165, 1.54) is 0 Å². The first kappa shape index (κ1) is 18.9. The molecule has 4 rings (SSSR count). The molecule has 146 valence electrons. The summed E-state index contributed by atoms with van der Waals surface area (Å²) in [5.74, 6) is 1.35. The van der Waals surface area contributed by atoms with Crippen molar-refractivity contribution in [2.24, 2.45) is 0 Å². The number of ether oxygens (including phenoxy) is 1. The van der Waals surface area contributed by atoms with E-state index in [-0.39, 0.29) is 0 Å². The second-order valence-electron chi connectivity index (χ2n) is 6.63. The molecular weight excluding hydrogens is 376 g/mol. The number of aromatic nitrogens is 4. The number of benzene rings is 1. The molecule has 2 N–H and O–H groups in total. The van der Waals surface area contributed by atoms with Crippen molar-refractivity contribution in [2.45, 2.75) is 6.42 Å². The van der Waals surface area contributed by atoms with Crippen molar-refractivity contribution < 1.29 is 4.74 Å². The number of hydrogen-bond donors (Lipinski definition) is 2. The van der Waals surface area contributed by atoms with Crippen LogP contribution in [0.3, 0.4) is 0 Å². The largest absolute Gasteiger partial charge is 0.379 e. The van der Waals surface area contributed by atoms with E-state index in [1.807, 2.05) is 24.3 Å². The van der Waals surface area contributed by atoms with E-state index < -0.39 is 0 Å². The molecule has 2 aromatic heterocycles. The highest BCUT2D eigenvalue weighted by Crippen LogP contribution is 2.29. The normalized spacial score (nSPS) is 14.9. The molecule has 0 unspecified atom stereocenters. The first-order valence-electron chi connectivity index (χ1n) is 9.46. The summed E-state index contributed by atoms with van der Waals surface area (Å²) in [5.41, 5.74) is 2.64. The molecular formula is C20H23ClN6O. The summed E-state index contributed by atoms with van der Waals surface area (Å²) >= 11 is 6.04. The quantitative estimate of drug-likeness (QED) is 0.594. The van der Waals surface area contributed by atoms with Crippen LogP contribution in [0.2, 0.25) is 5.02 Å². The Morgan fingerprint density at radius 1 is 1.14 bits per heavy atom. The highest BCUT2D eigenvalue weighted by molar-refractivity contribution is 6.30. The molecule has 0 spiro atoms. The highest BCUT2D eigenvalue weighted by atomic mass is 35.5. The Labute approximate surface area is 169 Å². The third-order valence-corrected chi connectivity index (χ3v) is 4.95. The zero-order valence-corrected chi connectivity index (χ0v) is 16.3. The Balaban J connectivity index is 1.47. The highest BCUT2D eigenvalue weighted by Gasteiger charge is 2.14. The smallest absolute Gasteiger partial charge is 0.223 e. The van der Waals surface area contributed by atoms with E-state index >= 15 is 0 Å². The zero-order valence-electron chi connectivity index (χ0n) is 15.6. The average molecular weight is 399 g/mol. The van der Waals surface area contributed by atoms with Gasteiger partial charge in [0, 0.05) is 48.8 Å². The predicted octanol–water partition coefficient (Wildman–Crippen LogP) is 3.32. The van der Waals surface area contributed by atoms with Crippen molar-refractivity contribution in [3.8, 4) is 22.6 Å². The molecule has 28 heavy (non-hydrogen) atoms. The van der Waals surface area contributed by atoms with Gasteiger partial charge in [-0.25, -0.2) is 15.0 Å². The summed E-state index contributed by atoms with van der Waals surface area (Å²) in [7, 11) is 0. The number of nitrogens with one attached hydrogen (secondary N) is 2. The Bertz CT molecular complexity index is 878. The van der Waals surface area contributed by atoms with E-state index in [0.717, 1.165) is 68.5 Å². The van der Waals surface area contributed by atoms with Gasteiger partial charge >= 0.3 is 0 Å². The number of hydrogen-bond acceptors (Lipinski definition) is 6. The van der Waals surface area contributed by atoms with Gasteiger partial charge in [0.25, 0.3) is 0 Å². The number of morpholine rings is 1. The number of halogens is 1. The van der Waals surface area contributed by atoms with Crippen LogP contribution in [0, 0.1) is 0 Å². The third kappa shape index (κ3) is 4.67. The summed E-state index contributed by atoms with van der Waals surface area (Å²) < 4.78 is 5.39. The van der Waals surface area contributed by atoms with Crippen LogP contribution in [-0.4, -0.2) is 64.2 Å². The lowest BCUT2D eigenvalue weighted by atomic mass is 10.1. The summed E-state index contributed by atoms with van der Waals surface area (Å²) in [5, 5.41) is 4.03. The van der Waals surface area contributed by atoms with Gasteiger partial charge in [0.2, 0.25) is 5.95 Å². The molecule has 0 amide bonds. The maximum atomic E-state index is 6.04. The molecule has 1 fully saturated rings. The standard InChI is InChI=1S/C20H23ClN6O/c21-16-4-2-15(3-5-16)18-17(19-22-7-8-23-19)14-25-20(26-18)24-6-1-9-27-10-12-28-13-11-27/h2-5,7-8,14H,1,6,9-13H2,(H,22,23)(H,24,25,26). The molecule has 1 saturated heterocycles. The van der Waals surface area contributed by atoms with Gasteiger partial charge in [-0.3, -0.25) is 4.90 Å². The van der Waals surface area contributed by atoms with Crippen LogP contribution >= 0.6 is 11.6 Å². The maximum absolute atomic E-state index is 6.04. The minimum atomic E-state index is 0.613. The maximum Gasteiger partial charge on any atom is 0.223 e. The van der Waals surface area contributed by atoms with Crippen molar-refractivity contribution >= 4 is 17.5 Å². The summed E-state index contributed by atoms with van der Waals surface area (Å²) in [6.07, 6.45) is 6.34. The molecule has 0 bridgehead atoms. The number of nitrogens with zero attached hydrogens (tertiary/aromatic N) is 4. The molecule has 3 heterocycles. The fraction of sp³-hybridized carbons (Fsp3) is 0.350. The molecule has 8 heteroatoms. The molecule has 1 aliphatic heterocycles.